The van der Waals surface area contributed by atoms with E-state index in [1.807, 2.05) is 19.9 Å². The third-order valence-corrected chi connectivity index (χ3v) is 4.40. The summed E-state index contributed by atoms with van der Waals surface area (Å²) in [4.78, 5) is 0. The Hall–Kier alpha value is -1.97. The Bertz CT molecular complexity index is 715. The van der Waals surface area contributed by atoms with Crippen molar-refractivity contribution in [1.82, 2.24) is 0 Å². The molecule has 0 unspecified atom stereocenters. The summed E-state index contributed by atoms with van der Waals surface area (Å²) in [5, 5.41) is 0. The Morgan fingerprint density at radius 1 is 0.917 bits per heavy atom. The van der Waals surface area contributed by atoms with Crippen LogP contribution in [0.3, 0.4) is 0 Å². The third kappa shape index (κ3) is 4.11. The number of aryl methyl sites for hydroxylation is 1. The highest BCUT2D eigenvalue weighted by molar-refractivity contribution is 5.44. The molecule has 1 nitrogen and oxygen atoms in total. The number of rotatable bonds is 4. The highest BCUT2D eigenvalue weighted by Crippen LogP contribution is 2.35. The van der Waals surface area contributed by atoms with Crippen molar-refractivity contribution in [1.29, 1.82) is 0 Å². The smallest absolute Gasteiger partial charge is 0.406 e. The molecule has 0 aliphatic heterocycles. The molecule has 0 N–H and O–H groups in total. The molecular formula is C20H23F3O. The first-order valence-electron chi connectivity index (χ1n) is 7.98. The number of ether oxygens (including phenoxy) is 1. The standard InChI is InChI=1S/C20H23F3O/c1-13(2)18-10-9-16(11-14(18)3)19(4,5)15-7-6-8-17(12-15)24-20(21,22)23/h6-13H,1-5H3. The zero-order valence-corrected chi connectivity index (χ0v) is 14.7. The van der Waals surface area contributed by atoms with Gasteiger partial charge in [-0.2, -0.15) is 0 Å². The second-order valence-corrected chi connectivity index (χ2v) is 6.93. The molecule has 0 saturated carbocycles. The predicted molar refractivity (Wildman–Crippen MR) is 90.5 cm³/mol. The van der Waals surface area contributed by atoms with Crippen LogP contribution >= 0.6 is 0 Å². The molecule has 4 heteroatoms. The van der Waals surface area contributed by atoms with Crippen molar-refractivity contribution >= 4 is 0 Å². The first kappa shape index (κ1) is 18.4. The molecule has 0 aliphatic carbocycles. The van der Waals surface area contributed by atoms with Crippen LogP contribution in [0.25, 0.3) is 0 Å². The molecule has 0 heterocycles. The quantitative estimate of drug-likeness (QED) is 0.633. The van der Waals surface area contributed by atoms with Gasteiger partial charge in [0, 0.05) is 5.41 Å². The van der Waals surface area contributed by atoms with E-state index in [0.717, 1.165) is 11.1 Å². The lowest BCUT2D eigenvalue weighted by atomic mass is 9.77. The highest BCUT2D eigenvalue weighted by Gasteiger charge is 2.32. The molecule has 2 aromatic rings. The predicted octanol–water partition coefficient (Wildman–Crippen LogP) is 6.34. The van der Waals surface area contributed by atoms with Gasteiger partial charge in [0.2, 0.25) is 0 Å². The van der Waals surface area contributed by atoms with Gasteiger partial charge in [0.15, 0.2) is 0 Å². The average molecular weight is 336 g/mol. The molecule has 24 heavy (non-hydrogen) atoms. The average Bonchev–Trinajstić information content (AvgIpc) is 2.45. The minimum atomic E-state index is -4.68. The van der Waals surface area contributed by atoms with Crippen molar-refractivity contribution in [3.05, 3.63) is 64.7 Å². The van der Waals surface area contributed by atoms with Crippen molar-refractivity contribution in [2.75, 3.05) is 0 Å². The van der Waals surface area contributed by atoms with Gasteiger partial charge in [0.05, 0.1) is 0 Å². The SMILES string of the molecule is Cc1cc(C(C)(C)c2cccc(OC(F)(F)F)c2)ccc1C(C)C. The Morgan fingerprint density at radius 2 is 1.54 bits per heavy atom. The summed E-state index contributed by atoms with van der Waals surface area (Å²) in [6.45, 7) is 10.4. The molecule has 0 amide bonds. The molecule has 0 saturated heterocycles. The first-order chi connectivity index (χ1) is 11.0. The van der Waals surface area contributed by atoms with E-state index in [1.54, 1.807) is 6.07 Å². The van der Waals surface area contributed by atoms with Crippen LogP contribution in [0.2, 0.25) is 0 Å². The molecule has 130 valence electrons. The second-order valence-electron chi connectivity index (χ2n) is 6.93. The molecular weight excluding hydrogens is 313 g/mol. The van der Waals surface area contributed by atoms with E-state index < -0.39 is 11.8 Å². The van der Waals surface area contributed by atoms with Crippen LogP contribution < -0.4 is 4.74 Å². The van der Waals surface area contributed by atoms with Crippen LogP contribution in [0.15, 0.2) is 42.5 Å². The van der Waals surface area contributed by atoms with Crippen LogP contribution in [0.1, 0.15) is 55.9 Å². The van der Waals surface area contributed by atoms with Gasteiger partial charge >= 0.3 is 6.36 Å². The van der Waals surface area contributed by atoms with Gasteiger partial charge in [0.1, 0.15) is 5.75 Å². The summed E-state index contributed by atoms with van der Waals surface area (Å²) in [6.07, 6.45) is -4.68. The van der Waals surface area contributed by atoms with Crippen molar-refractivity contribution in [2.45, 2.75) is 52.3 Å². The number of benzene rings is 2. The van der Waals surface area contributed by atoms with E-state index in [1.165, 1.54) is 23.3 Å². The van der Waals surface area contributed by atoms with Crippen molar-refractivity contribution in [2.24, 2.45) is 0 Å². The van der Waals surface area contributed by atoms with E-state index in [4.69, 9.17) is 0 Å². The van der Waals surface area contributed by atoms with Crippen LogP contribution in [0.4, 0.5) is 13.2 Å². The third-order valence-electron chi connectivity index (χ3n) is 4.40. The lowest BCUT2D eigenvalue weighted by Gasteiger charge is -2.28. The van der Waals surface area contributed by atoms with Crippen LogP contribution in [0, 0.1) is 6.92 Å². The second kappa shape index (κ2) is 6.50. The Labute approximate surface area is 141 Å². The minimum absolute atomic E-state index is 0.191. The van der Waals surface area contributed by atoms with Crippen molar-refractivity contribution < 1.29 is 17.9 Å². The van der Waals surface area contributed by atoms with Gasteiger partial charge in [-0.25, -0.2) is 0 Å². The maximum Gasteiger partial charge on any atom is 0.573 e. The summed E-state index contributed by atoms with van der Waals surface area (Å²) >= 11 is 0. The zero-order valence-electron chi connectivity index (χ0n) is 14.7. The minimum Gasteiger partial charge on any atom is -0.406 e. The lowest BCUT2D eigenvalue weighted by molar-refractivity contribution is -0.274. The molecule has 2 aromatic carbocycles. The number of hydrogen-bond acceptors (Lipinski definition) is 1. The maximum absolute atomic E-state index is 12.4. The summed E-state index contributed by atoms with van der Waals surface area (Å²) in [7, 11) is 0. The number of halogens is 3. The molecule has 2 rings (SSSR count). The molecule has 0 fully saturated rings. The van der Waals surface area contributed by atoms with E-state index in [0.29, 0.717) is 5.92 Å². The van der Waals surface area contributed by atoms with Gasteiger partial charge in [-0.3, -0.25) is 0 Å². The van der Waals surface area contributed by atoms with Gasteiger partial charge in [-0.15, -0.1) is 13.2 Å². The molecule has 0 spiro atoms. The van der Waals surface area contributed by atoms with E-state index in [9.17, 15) is 13.2 Å². The molecule has 0 bridgehead atoms. The van der Waals surface area contributed by atoms with Gasteiger partial charge in [-0.1, -0.05) is 58.0 Å². The molecule has 0 radical (unpaired) electrons. The Kier molecular flexibility index (Phi) is 4.97. The molecule has 0 aromatic heterocycles. The van der Waals surface area contributed by atoms with E-state index in [-0.39, 0.29) is 5.75 Å². The highest BCUT2D eigenvalue weighted by atomic mass is 19.4. The fraction of sp³-hybridized carbons (Fsp3) is 0.400. The normalized spacial score (nSPS) is 12.5. The van der Waals surface area contributed by atoms with Gasteiger partial charge in [0.25, 0.3) is 0 Å². The molecule has 0 atom stereocenters. The van der Waals surface area contributed by atoms with Crippen LogP contribution in [-0.4, -0.2) is 6.36 Å². The first-order valence-corrected chi connectivity index (χ1v) is 7.98. The largest absolute Gasteiger partial charge is 0.573 e. The monoisotopic (exact) mass is 336 g/mol. The maximum atomic E-state index is 12.4. The zero-order chi connectivity index (χ0) is 18.1. The summed E-state index contributed by atoms with van der Waals surface area (Å²) in [6, 6.07) is 12.5. The molecule has 0 aliphatic rings. The topological polar surface area (TPSA) is 9.23 Å². The van der Waals surface area contributed by atoms with Crippen molar-refractivity contribution in [3.8, 4) is 5.75 Å². The fourth-order valence-electron chi connectivity index (χ4n) is 2.96. The van der Waals surface area contributed by atoms with Crippen LogP contribution in [-0.2, 0) is 5.41 Å². The van der Waals surface area contributed by atoms with E-state index >= 15 is 0 Å². The summed E-state index contributed by atoms with van der Waals surface area (Å²) in [5.74, 6) is 0.245. The van der Waals surface area contributed by atoms with Gasteiger partial charge in [-0.05, 0) is 47.2 Å². The number of alkyl halides is 3. The Balaban J connectivity index is 2.40. The fourth-order valence-corrected chi connectivity index (χ4v) is 2.96. The summed E-state index contributed by atoms with van der Waals surface area (Å²) < 4.78 is 41.4. The van der Waals surface area contributed by atoms with Gasteiger partial charge < -0.3 is 4.74 Å². The van der Waals surface area contributed by atoms with E-state index in [2.05, 4.69) is 43.7 Å². The summed E-state index contributed by atoms with van der Waals surface area (Å²) in [5.41, 5.74) is 3.89. The number of hydrogen-bond donors (Lipinski definition) is 0. The van der Waals surface area contributed by atoms with Crippen LogP contribution in [0.5, 0.6) is 5.75 Å². The Morgan fingerprint density at radius 3 is 2.08 bits per heavy atom. The lowest BCUT2D eigenvalue weighted by Crippen LogP contribution is -2.21. The van der Waals surface area contributed by atoms with Crippen molar-refractivity contribution in [3.63, 3.8) is 0 Å².